The Hall–Kier alpha value is -2.01. The van der Waals surface area contributed by atoms with Gasteiger partial charge in [-0.15, -0.1) is 0 Å². The van der Waals surface area contributed by atoms with Crippen molar-refractivity contribution in [3.63, 3.8) is 0 Å². The zero-order chi connectivity index (χ0) is 15.5. The first-order valence-corrected chi connectivity index (χ1v) is 7.80. The molecule has 118 valence electrons. The highest BCUT2D eigenvalue weighted by atomic mass is 16.5. The average Bonchev–Trinajstić information content (AvgIpc) is 3.12. The fourth-order valence-electron chi connectivity index (χ4n) is 3.06. The molecular formula is C17H22N2O3. The van der Waals surface area contributed by atoms with Crippen LogP contribution < -0.4 is 4.74 Å². The maximum Gasteiger partial charge on any atom is 0.162 e. The third kappa shape index (κ3) is 2.95. The van der Waals surface area contributed by atoms with Crippen molar-refractivity contribution in [2.75, 3.05) is 13.2 Å². The molecule has 0 spiro atoms. The van der Waals surface area contributed by atoms with Crippen molar-refractivity contribution in [3.8, 4) is 11.5 Å². The summed E-state index contributed by atoms with van der Waals surface area (Å²) in [6.45, 7) is 6.05. The minimum Gasteiger partial charge on any atom is -0.504 e. The van der Waals surface area contributed by atoms with Crippen LogP contribution in [0.15, 0.2) is 28.8 Å². The minimum absolute atomic E-state index is 0.233. The van der Waals surface area contributed by atoms with Crippen molar-refractivity contribution in [1.82, 2.24) is 10.1 Å². The number of benzene rings is 1. The fraction of sp³-hybridized carbons (Fsp3) is 0.471. The molecular weight excluding hydrogens is 280 g/mol. The van der Waals surface area contributed by atoms with Crippen LogP contribution in [0.2, 0.25) is 0 Å². The van der Waals surface area contributed by atoms with Gasteiger partial charge in [0.25, 0.3) is 0 Å². The first-order chi connectivity index (χ1) is 10.7. The number of ether oxygens (including phenoxy) is 1. The normalized spacial score (nSPS) is 18.7. The van der Waals surface area contributed by atoms with Crippen LogP contribution in [0.4, 0.5) is 0 Å². The van der Waals surface area contributed by atoms with Gasteiger partial charge < -0.3 is 14.4 Å². The summed E-state index contributed by atoms with van der Waals surface area (Å²) in [6, 6.07) is 7.89. The molecule has 1 aliphatic rings. The monoisotopic (exact) mass is 302 g/mol. The summed E-state index contributed by atoms with van der Waals surface area (Å²) in [6.07, 6.45) is 2.18. The number of aromatic nitrogens is 1. The lowest BCUT2D eigenvalue weighted by Crippen LogP contribution is -2.22. The first-order valence-electron chi connectivity index (χ1n) is 7.80. The van der Waals surface area contributed by atoms with Gasteiger partial charge in [-0.2, -0.15) is 0 Å². The van der Waals surface area contributed by atoms with E-state index >= 15 is 0 Å². The lowest BCUT2D eigenvalue weighted by Gasteiger charge is -2.23. The van der Waals surface area contributed by atoms with E-state index in [0.717, 1.165) is 36.4 Å². The van der Waals surface area contributed by atoms with Crippen LogP contribution in [0.25, 0.3) is 0 Å². The zero-order valence-corrected chi connectivity index (χ0v) is 13.1. The van der Waals surface area contributed by atoms with Gasteiger partial charge in [0.15, 0.2) is 17.3 Å². The summed E-state index contributed by atoms with van der Waals surface area (Å²) in [5, 5.41) is 14.3. The number of phenols is 1. The molecule has 5 nitrogen and oxygen atoms in total. The molecule has 22 heavy (non-hydrogen) atoms. The molecule has 1 aromatic carbocycles. The lowest BCUT2D eigenvalue weighted by atomic mass is 10.1. The number of rotatable bonds is 5. The smallest absolute Gasteiger partial charge is 0.162 e. The van der Waals surface area contributed by atoms with Crippen LogP contribution in [0.1, 0.15) is 42.8 Å². The van der Waals surface area contributed by atoms with Crippen molar-refractivity contribution < 1.29 is 14.4 Å². The fourth-order valence-corrected chi connectivity index (χ4v) is 3.06. The Kier molecular flexibility index (Phi) is 4.34. The Morgan fingerprint density at radius 3 is 3.05 bits per heavy atom. The minimum atomic E-state index is 0.233. The van der Waals surface area contributed by atoms with Gasteiger partial charge in [0, 0.05) is 18.2 Å². The molecule has 1 saturated heterocycles. The highest BCUT2D eigenvalue weighted by molar-refractivity contribution is 5.45. The van der Waals surface area contributed by atoms with Gasteiger partial charge in [-0.25, -0.2) is 0 Å². The second-order valence-corrected chi connectivity index (χ2v) is 5.70. The van der Waals surface area contributed by atoms with Crippen molar-refractivity contribution >= 4 is 0 Å². The maximum atomic E-state index is 10.4. The van der Waals surface area contributed by atoms with E-state index in [-0.39, 0.29) is 11.8 Å². The van der Waals surface area contributed by atoms with Crippen LogP contribution >= 0.6 is 0 Å². The number of phenolic OH excluding ortho intramolecular Hbond substituents is 1. The van der Waals surface area contributed by atoms with E-state index in [1.54, 1.807) is 6.07 Å². The number of para-hydroxylation sites is 1. The molecule has 1 N–H and O–H groups in total. The predicted molar refractivity (Wildman–Crippen MR) is 82.9 cm³/mol. The largest absolute Gasteiger partial charge is 0.504 e. The number of nitrogens with zero attached hydrogens (tertiary/aromatic N) is 2. The molecule has 1 aromatic heterocycles. The highest BCUT2D eigenvalue weighted by Crippen LogP contribution is 2.36. The summed E-state index contributed by atoms with van der Waals surface area (Å²) in [5.74, 6) is 1.70. The SMILES string of the molecule is CCOc1cccc(CN2CCC[C@@H]2c2cc(C)no2)c1O. The second kappa shape index (κ2) is 6.40. The molecule has 0 aliphatic carbocycles. The van der Waals surface area contributed by atoms with Crippen LogP contribution in [0.3, 0.4) is 0 Å². The van der Waals surface area contributed by atoms with Gasteiger partial charge >= 0.3 is 0 Å². The molecule has 2 aromatic rings. The molecule has 0 bridgehead atoms. The van der Waals surface area contributed by atoms with Crippen molar-refractivity contribution in [1.29, 1.82) is 0 Å². The van der Waals surface area contributed by atoms with Crippen LogP contribution in [0, 0.1) is 6.92 Å². The van der Waals surface area contributed by atoms with E-state index in [4.69, 9.17) is 9.26 Å². The maximum absolute atomic E-state index is 10.4. The van der Waals surface area contributed by atoms with Gasteiger partial charge in [-0.1, -0.05) is 17.3 Å². The van der Waals surface area contributed by atoms with Gasteiger partial charge in [0.2, 0.25) is 0 Å². The summed E-state index contributed by atoms with van der Waals surface area (Å²) in [5.41, 5.74) is 1.79. The number of hydrogen-bond acceptors (Lipinski definition) is 5. The van der Waals surface area contributed by atoms with Gasteiger partial charge in [0.05, 0.1) is 18.3 Å². The number of aromatic hydroxyl groups is 1. The number of aryl methyl sites for hydroxylation is 1. The van der Waals surface area contributed by atoms with Gasteiger partial charge in [-0.3, -0.25) is 4.90 Å². The number of hydrogen-bond donors (Lipinski definition) is 1. The van der Waals surface area contributed by atoms with Crippen molar-refractivity contribution in [2.45, 2.75) is 39.3 Å². The lowest BCUT2D eigenvalue weighted by molar-refractivity contribution is 0.204. The summed E-state index contributed by atoms with van der Waals surface area (Å²) >= 11 is 0. The van der Waals surface area contributed by atoms with Crippen LogP contribution in [0.5, 0.6) is 11.5 Å². The summed E-state index contributed by atoms with van der Waals surface area (Å²) in [4.78, 5) is 2.32. The van der Waals surface area contributed by atoms with E-state index in [1.165, 1.54) is 0 Å². The average molecular weight is 302 g/mol. The molecule has 0 saturated carbocycles. The van der Waals surface area contributed by atoms with E-state index in [0.29, 0.717) is 18.9 Å². The standard InChI is InChI=1S/C17H22N2O3/c1-3-21-15-8-4-6-13(17(15)20)11-19-9-5-7-14(19)16-10-12(2)18-22-16/h4,6,8,10,14,20H,3,5,7,9,11H2,1-2H3/t14-/m1/s1. The zero-order valence-electron chi connectivity index (χ0n) is 13.1. The molecule has 2 heterocycles. The van der Waals surface area contributed by atoms with Crippen LogP contribution in [-0.4, -0.2) is 28.3 Å². The van der Waals surface area contributed by atoms with E-state index in [9.17, 15) is 5.11 Å². The quantitative estimate of drug-likeness (QED) is 0.917. The van der Waals surface area contributed by atoms with Crippen LogP contribution in [-0.2, 0) is 6.54 Å². The summed E-state index contributed by atoms with van der Waals surface area (Å²) in [7, 11) is 0. The topological polar surface area (TPSA) is 58.7 Å². The van der Waals surface area contributed by atoms with E-state index in [1.807, 2.05) is 32.0 Å². The Morgan fingerprint density at radius 1 is 1.45 bits per heavy atom. The molecule has 5 heteroatoms. The van der Waals surface area contributed by atoms with Gasteiger partial charge in [-0.05, 0) is 39.3 Å². The molecule has 1 aliphatic heterocycles. The van der Waals surface area contributed by atoms with E-state index in [2.05, 4.69) is 10.1 Å². The predicted octanol–water partition coefficient (Wildman–Crippen LogP) is 3.42. The Labute approximate surface area is 130 Å². The summed E-state index contributed by atoms with van der Waals surface area (Å²) < 4.78 is 10.9. The van der Waals surface area contributed by atoms with Crippen molar-refractivity contribution in [2.24, 2.45) is 0 Å². The molecule has 0 radical (unpaired) electrons. The molecule has 0 amide bonds. The molecule has 1 fully saturated rings. The first kappa shape index (κ1) is 14.9. The molecule has 3 rings (SSSR count). The van der Waals surface area contributed by atoms with Gasteiger partial charge in [0.1, 0.15) is 0 Å². The van der Waals surface area contributed by atoms with Crippen molar-refractivity contribution in [3.05, 3.63) is 41.3 Å². The third-order valence-corrected chi connectivity index (χ3v) is 4.09. The Bertz CT molecular complexity index is 639. The molecule has 0 unspecified atom stereocenters. The second-order valence-electron chi connectivity index (χ2n) is 5.70. The highest BCUT2D eigenvalue weighted by Gasteiger charge is 2.29. The Balaban J connectivity index is 1.79. The Morgan fingerprint density at radius 2 is 2.32 bits per heavy atom. The number of likely N-dealkylation sites (tertiary alicyclic amines) is 1. The molecule has 1 atom stereocenters. The third-order valence-electron chi connectivity index (χ3n) is 4.09. The van der Waals surface area contributed by atoms with E-state index < -0.39 is 0 Å².